The first-order chi connectivity index (χ1) is 12.4. The molecule has 1 aromatic carbocycles. The van der Waals surface area contributed by atoms with Gasteiger partial charge in [-0.2, -0.15) is 0 Å². The first-order valence-electron chi connectivity index (χ1n) is 8.91. The third-order valence-corrected chi connectivity index (χ3v) is 5.56. The molecule has 2 aliphatic rings. The topological polar surface area (TPSA) is 68.7 Å². The number of carbonyl (C=O) groups excluding carboxylic acids is 2. The van der Waals surface area contributed by atoms with E-state index in [-0.39, 0.29) is 12.5 Å². The van der Waals surface area contributed by atoms with E-state index in [4.69, 9.17) is 9.47 Å². The van der Waals surface area contributed by atoms with Gasteiger partial charge in [0.1, 0.15) is 6.61 Å². The highest BCUT2D eigenvalue weighted by Crippen LogP contribution is 2.33. The number of amides is 1. The zero-order valence-corrected chi connectivity index (χ0v) is 15.3. The van der Waals surface area contributed by atoms with E-state index >= 15 is 0 Å². The fraction of sp³-hybridized carbons (Fsp3) is 0.450. The van der Waals surface area contributed by atoms with Crippen molar-refractivity contribution in [1.82, 2.24) is 9.88 Å². The molecule has 0 aliphatic carbocycles. The van der Waals surface area contributed by atoms with Crippen LogP contribution in [0.25, 0.3) is 10.9 Å². The number of likely N-dealkylation sites (tertiary alicyclic amines) is 1. The minimum absolute atomic E-state index is 0.0173. The molecule has 1 aromatic heterocycles. The Kier molecular flexibility index (Phi) is 3.86. The number of nitrogens with zero attached hydrogens (tertiary/aromatic N) is 2. The van der Waals surface area contributed by atoms with E-state index in [1.807, 2.05) is 43.9 Å². The number of fused-ring (bicyclic) bond motifs is 1. The Morgan fingerprint density at radius 2 is 1.92 bits per heavy atom. The summed E-state index contributed by atoms with van der Waals surface area (Å²) in [4.78, 5) is 31.1. The molecule has 0 saturated carbocycles. The predicted molar refractivity (Wildman–Crippen MR) is 96.3 cm³/mol. The van der Waals surface area contributed by atoms with Gasteiger partial charge in [0.05, 0.1) is 11.1 Å². The summed E-state index contributed by atoms with van der Waals surface area (Å²) >= 11 is 0. The molecule has 3 heterocycles. The first-order valence-corrected chi connectivity index (χ1v) is 8.91. The van der Waals surface area contributed by atoms with Crippen LogP contribution in [0.15, 0.2) is 18.2 Å². The number of hydrogen-bond donors (Lipinski definition) is 0. The number of aromatic nitrogens is 1. The fourth-order valence-electron chi connectivity index (χ4n) is 3.82. The zero-order chi connectivity index (χ0) is 18.5. The number of piperidine rings is 1. The molecule has 0 N–H and O–H groups in total. The molecular formula is C20H22N2O4. The summed E-state index contributed by atoms with van der Waals surface area (Å²) in [5, 5.41) is 0.897. The number of cyclic esters (lactones) is 1. The van der Waals surface area contributed by atoms with Crippen LogP contribution in [0, 0.1) is 20.8 Å². The predicted octanol–water partition coefficient (Wildman–Crippen LogP) is 3.30. The Morgan fingerprint density at radius 3 is 2.58 bits per heavy atom. The van der Waals surface area contributed by atoms with E-state index in [9.17, 15) is 9.59 Å². The van der Waals surface area contributed by atoms with Gasteiger partial charge < -0.3 is 14.4 Å². The summed E-state index contributed by atoms with van der Waals surface area (Å²) in [7, 11) is 0. The minimum atomic E-state index is -0.605. The molecule has 4 rings (SSSR count). The lowest BCUT2D eigenvalue weighted by molar-refractivity contribution is 0.00285. The number of benzene rings is 1. The van der Waals surface area contributed by atoms with Crippen molar-refractivity contribution >= 4 is 23.0 Å². The monoisotopic (exact) mass is 354 g/mol. The van der Waals surface area contributed by atoms with Gasteiger partial charge in [0.25, 0.3) is 5.91 Å². The molecule has 2 fully saturated rings. The van der Waals surface area contributed by atoms with Gasteiger partial charge in [0, 0.05) is 37.0 Å². The standard InChI is InChI=1S/C20H22N2O4/c1-12-4-5-16-15(10-12)17(13(2)14(3)21-16)18(23)22-8-6-20(7-9-22)11-25-19(24)26-20/h4-5,10H,6-9,11H2,1-3H3. The lowest BCUT2D eigenvalue weighted by Crippen LogP contribution is -2.48. The second kappa shape index (κ2) is 5.97. The van der Waals surface area contributed by atoms with Crippen LogP contribution in [-0.4, -0.2) is 47.2 Å². The molecule has 0 radical (unpaired) electrons. The van der Waals surface area contributed by atoms with E-state index in [1.54, 1.807) is 0 Å². The number of carbonyl (C=O) groups is 2. The molecule has 2 aliphatic heterocycles. The summed E-state index contributed by atoms with van der Waals surface area (Å²) < 4.78 is 10.3. The van der Waals surface area contributed by atoms with E-state index in [0.717, 1.165) is 33.3 Å². The Bertz CT molecular complexity index is 914. The third-order valence-electron chi connectivity index (χ3n) is 5.56. The van der Waals surface area contributed by atoms with Crippen LogP contribution < -0.4 is 0 Å². The van der Waals surface area contributed by atoms with Crippen LogP contribution >= 0.6 is 0 Å². The highest BCUT2D eigenvalue weighted by Gasteiger charge is 2.45. The van der Waals surface area contributed by atoms with Gasteiger partial charge in [-0.05, 0) is 38.5 Å². The van der Waals surface area contributed by atoms with Crippen LogP contribution in [0.3, 0.4) is 0 Å². The van der Waals surface area contributed by atoms with Crippen molar-refractivity contribution in [2.75, 3.05) is 19.7 Å². The van der Waals surface area contributed by atoms with Crippen molar-refractivity contribution in [2.45, 2.75) is 39.2 Å². The number of aryl methyl sites for hydroxylation is 2. The summed E-state index contributed by atoms with van der Waals surface area (Å²) in [6, 6.07) is 6.01. The molecule has 6 nitrogen and oxygen atoms in total. The molecule has 0 atom stereocenters. The zero-order valence-electron chi connectivity index (χ0n) is 15.3. The normalized spacial score (nSPS) is 18.9. The van der Waals surface area contributed by atoms with Gasteiger partial charge in [0.15, 0.2) is 5.60 Å². The summed E-state index contributed by atoms with van der Waals surface area (Å²) in [5.74, 6) is 0.0173. The van der Waals surface area contributed by atoms with Gasteiger partial charge in [-0.15, -0.1) is 0 Å². The molecule has 26 heavy (non-hydrogen) atoms. The Balaban J connectivity index is 1.66. The van der Waals surface area contributed by atoms with Gasteiger partial charge in [-0.25, -0.2) is 4.79 Å². The fourth-order valence-corrected chi connectivity index (χ4v) is 3.82. The largest absolute Gasteiger partial charge is 0.509 e. The van der Waals surface area contributed by atoms with Crippen molar-refractivity contribution in [3.63, 3.8) is 0 Å². The molecule has 2 saturated heterocycles. The number of pyridine rings is 1. The molecule has 6 heteroatoms. The van der Waals surface area contributed by atoms with E-state index in [1.165, 1.54) is 0 Å². The SMILES string of the molecule is Cc1ccc2nc(C)c(C)c(C(=O)N3CCC4(CC3)COC(=O)O4)c2c1. The highest BCUT2D eigenvalue weighted by atomic mass is 16.8. The summed E-state index contributed by atoms with van der Waals surface area (Å²) in [5.41, 5.74) is 3.90. The Morgan fingerprint density at radius 1 is 1.19 bits per heavy atom. The van der Waals surface area contributed by atoms with Crippen molar-refractivity contribution in [1.29, 1.82) is 0 Å². The maximum Gasteiger partial charge on any atom is 0.509 e. The van der Waals surface area contributed by atoms with E-state index in [0.29, 0.717) is 25.9 Å². The van der Waals surface area contributed by atoms with Crippen molar-refractivity contribution in [3.8, 4) is 0 Å². The number of hydrogen-bond acceptors (Lipinski definition) is 5. The lowest BCUT2D eigenvalue weighted by atomic mass is 9.91. The van der Waals surface area contributed by atoms with Gasteiger partial charge in [-0.3, -0.25) is 9.78 Å². The second-order valence-electron chi connectivity index (χ2n) is 7.33. The first kappa shape index (κ1) is 16.8. The minimum Gasteiger partial charge on any atom is -0.430 e. The van der Waals surface area contributed by atoms with E-state index in [2.05, 4.69) is 4.98 Å². The summed E-state index contributed by atoms with van der Waals surface area (Å²) in [6.07, 6.45) is 0.599. The maximum atomic E-state index is 13.3. The molecule has 1 amide bonds. The van der Waals surface area contributed by atoms with Gasteiger partial charge in [-0.1, -0.05) is 11.6 Å². The Hall–Kier alpha value is -2.63. The Labute approximate surface area is 152 Å². The summed E-state index contributed by atoms with van der Waals surface area (Å²) in [6.45, 7) is 7.28. The molecular weight excluding hydrogens is 332 g/mol. The van der Waals surface area contributed by atoms with Crippen molar-refractivity contribution in [2.24, 2.45) is 0 Å². The average molecular weight is 354 g/mol. The molecule has 1 spiro atoms. The second-order valence-corrected chi connectivity index (χ2v) is 7.33. The highest BCUT2D eigenvalue weighted by molar-refractivity contribution is 6.07. The van der Waals surface area contributed by atoms with Crippen LogP contribution in [0.5, 0.6) is 0 Å². The van der Waals surface area contributed by atoms with Crippen LogP contribution in [0.4, 0.5) is 4.79 Å². The third kappa shape index (κ3) is 2.69. The van der Waals surface area contributed by atoms with Gasteiger partial charge in [0.2, 0.25) is 0 Å². The smallest absolute Gasteiger partial charge is 0.430 e. The maximum absolute atomic E-state index is 13.3. The molecule has 0 bridgehead atoms. The average Bonchev–Trinajstić information content (AvgIpc) is 2.97. The van der Waals surface area contributed by atoms with E-state index < -0.39 is 11.8 Å². The lowest BCUT2D eigenvalue weighted by Gasteiger charge is -2.36. The molecule has 2 aromatic rings. The van der Waals surface area contributed by atoms with Crippen molar-refractivity contribution < 1.29 is 19.1 Å². The molecule has 0 unspecified atom stereocenters. The number of ether oxygens (including phenoxy) is 2. The molecule has 136 valence electrons. The van der Waals surface area contributed by atoms with Crippen molar-refractivity contribution in [3.05, 3.63) is 40.6 Å². The van der Waals surface area contributed by atoms with Crippen LogP contribution in [0.2, 0.25) is 0 Å². The number of rotatable bonds is 1. The van der Waals surface area contributed by atoms with Gasteiger partial charge >= 0.3 is 6.16 Å². The van der Waals surface area contributed by atoms with Crippen LogP contribution in [0.1, 0.15) is 40.0 Å². The van der Waals surface area contributed by atoms with Crippen LogP contribution in [-0.2, 0) is 9.47 Å². The quantitative estimate of drug-likeness (QED) is 0.735.